The van der Waals surface area contributed by atoms with Gasteiger partial charge in [0.05, 0.1) is 0 Å². The molecule has 1 N–H and O–H groups in total. The largest absolute Gasteiger partial charge is 0.480 e. The smallest absolute Gasteiger partial charge is 0.331 e. The third-order valence-electron chi connectivity index (χ3n) is 2.97. The molecule has 0 aliphatic rings. The lowest BCUT2D eigenvalue weighted by atomic mass is 10.1. The van der Waals surface area contributed by atoms with Crippen LogP contribution >= 0.6 is 0 Å². The first-order chi connectivity index (χ1) is 9.54. The van der Waals surface area contributed by atoms with Gasteiger partial charge in [-0.25, -0.2) is 4.79 Å². The second kappa shape index (κ2) is 5.94. The molecule has 8 nitrogen and oxygen atoms in total. The maximum absolute atomic E-state index is 12.3. The number of carboxylic acids is 1. The summed E-state index contributed by atoms with van der Waals surface area (Å²) >= 11 is 0. The van der Waals surface area contributed by atoms with E-state index in [1.807, 2.05) is 0 Å². The molecule has 0 saturated heterocycles. The third kappa shape index (κ3) is 4.04. The lowest BCUT2D eigenvalue weighted by Crippen LogP contribution is -2.50. The standard InChI is InChI=1S/C13H19N3O5/c1-13(2,3)16(8-11(19)20)10(18)7-15-6-5-9(17)14(4)12(15)21/h5-6H,7-8H2,1-4H3,(H,19,20). The molecule has 1 amide bonds. The van der Waals surface area contributed by atoms with Crippen molar-refractivity contribution >= 4 is 11.9 Å². The minimum absolute atomic E-state index is 0.322. The molecule has 21 heavy (non-hydrogen) atoms. The van der Waals surface area contributed by atoms with Crippen molar-refractivity contribution < 1.29 is 14.7 Å². The lowest BCUT2D eigenvalue weighted by Gasteiger charge is -2.34. The van der Waals surface area contributed by atoms with E-state index in [9.17, 15) is 19.2 Å². The lowest BCUT2D eigenvalue weighted by molar-refractivity contribution is -0.148. The molecular formula is C13H19N3O5. The number of amides is 1. The number of carbonyl (C=O) groups is 2. The van der Waals surface area contributed by atoms with Gasteiger partial charge in [-0.1, -0.05) is 0 Å². The van der Waals surface area contributed by atoms with Crippen LogP contribution in [0.1, 0.15) is 20.8 Å². The normalized spacial score (nSPS) is 11.2. The molecule has 0 aromatic carbocycles. The zero-order chi connectivity index (χ0) is 16.4. The number of rotatable bonds is 4. The minimum atomic E-state index is -1.13. The molecule has 0 atom stereocenters. The van der Waals surface area contributed by atoms with Gasteiger partial charge >= 0.3 is 11.7 Å². The summed E-state index contributed by atoms with van der Waals surface area (Å²) in [7, 11) is 1.31. The fourth-order valence-electron chi connectivity index (χ4n) is 1.80. The first-order valence-corrected chi connectivity index (χ1v) is 6.33. The van der Waals surface area contributed by atoms with Crippen LogP contribution < -0.4 is 11.2 Å². The summed E-state index contributed by atoms with van der Waals surface area (Å²) in [5.41, 5.74) is -1.79. The zero-order valence-corrected chi connectivity index (χ0v) is 12.5. The van der Waals surface area contributed by atoms with Crippen molar-refractivity contribution in [2.45, 2.75) is 32.9 Å². The number of aliphatic carboxylic acids is 1. The summed E-state index contributed by atoms with van der Waals surface area (Å²) in [6.07, 6.45) is 1.23. The molecule has 0 bridgehead atoms. The maximum Gasteiger partial charge on any atom is 0.331 e. The second-order valence-electron chi connectivity index (χ2n) is 5.67. The van der Waals surface area contributed by atoms with Crippen LogP contribution in [-0.4, -0.2) is 43.1 Å². The Morgan fingerprint density at radius 3 is 2.33 bits per heavy atom. The van der Waals surface area contributed by atoms with Crippen LogP contribution in [-0.2, 0) is 23.2 Å². The number of carboxylic acid groups (broad SMARTS) is 1. The Morgan fingerprint density at radius 1 is 1.29 bits per heavy atom. The van der Waals surface area contributed by atoms with E-state index in [0.29, 0.717) is 0 Å². The average molecular weight is 297 g/mol. The molecule has 116 valence electrons. The van der Waals surface area contributed by atoms with Gasteiger partial charge in [-0.05, 0) is 20.8 Å². The van der Waals surface area contributed by atoms with E-state index in [0.717, 1.165) is 9.13 Å². The van der Waals surface area contributed by atoms with Gasteiger partial charge in [0, 0.05) is 24.8 Å². The summed E-state index contributed by atoms with van der Waals surface area (Å²) in [5.74, 6) is -1.64. The summed E-state index contributed by atoms with van der Waals surface area (Å²) < 4.78 is 1.95. The molecule has 0 spiro atoms. The highest BCUT2D eigenvalue weighted by Gasteiger charge is 2.28. The first-order valence-electron chi connectivity index (χ1n) is 6.33. The predicted molar refractivity (Wildman–Crippen MR) is 75.0 cm³/mol. The Morgan fingerprint density at radius 2 is 1.86 bits per heavy atom. The average Bonchev–Trinajstić information content (AvgIpc) is 2.35. The highest BCUT2D eigenvalue weighted by molar-refractivity contribution is 5.81. The van der Waals surface area contributed by atoms with Gasteiger partial charge in [0.25, 0.3) is 5.56 Å². The molecule has 0 unspecified atom stereocenters. The van der Waals surface area contributed by atoms with E-state index in [1.165, 1.54) is 24.2 Å². The monoisotopic (exact) mass is 297 g/mol. The number of nitrogens with zero attached hydrogens (tertiary/aromatic N) is 3. The Balaban J connectivity index is 3.08. The van der Waals surface area contributed by atoms with E-state index in [2.05, 4.69) is 0 Å². The summed E-state index contributed by atoms with van der Waals surface area (Å²) in [6.45, 7) is 4.34. The van der Waals surface area contributed by atoms with Crippen molar-refractivity contribution in [2.75, 3.05) is 6.54 Å². The van der Waals surface area contributed by atoms with Gasteiger partial charge < -0.3 is 10.0 Å². The number of carbonyl (C=O) groups excluding carboxylic acids is 1. The Labute approximate surface area is 121 Å². The van der Waals surface area contributed by atoms with Crippen LogP contribution in [0.3, 0.4) is 0 Å². The Hall–Kier alpha value is -2.38. The van der Waals surface area contributed by atoms with E-state index < -0.39 is 35.2 Å². The molecule has 8 heteroatoms. The molecule has 0 radical (unpaired) electrons. The van der Waals surface area contributed by atoms with Crippen LogP contribution in [0.4, 0.5) is 0 Å². The molecule has 1 heterocycles. The van der Waals surface area contributed by atoms with E-state index in [1.54, 1.807) is 20.8 Å². The second-order valence-corrected chi connectivity index (χ2v) is 5.67. The van der Waals surface area contributed by atoms with E-state index in [4.69, 9.17) is 5.11 Å². The van der Waals surface area contributed by atoms with Crippen molar-refractivity contribution in [3.63, 3.8) is 0 Å². The van der Waals surface area contributed by atoms with E-state index >= 15 is 0 Å². The van der Waals surface area contributed by atoms with Crippen molar-refractivity contribution in [3.05, 3.63) is 33.1 Å². The number of hydrogen-bond acceptors (Lipinski definition) is 4. The number of hydrogen-bond donors (Lipinski definition) is 1. The highest BCUT2D eigenvalue weighted by atomic mass is 16.4. The summed E-state index contributed by atoms with van der Waals surface area (Å²) in [5, 5.41) is 8.89. The van der Waals surface area contributed by atoms with Gasteiger partial charge in [0.1, 0.15) is 13.1 Å². The molecule has 0 aliphatic carbocycles. The van der Waals surface area contributed by atoms with Gasteiger partial charge in [0.2, 0.25) is 5.91 Å². The minimum Gasteiger partial charge on any atom is -0.480 e. The maximum atomic E-state index is 12.3. The van der Waals surface area contributed by atoms with Gasteiger partial charge in [-0.15, -0.1) is 0 Å². The first kappa shape index (κ1) is 16.7. The molecular weight excluding hydrogens is 278 g/mol. The summed E-state index contributed by atoms with van der Waals surface area (Å²) in [6, 6.07) is 1.17. The fraction of sp³-hybridized carbons (Fsp3) is 0.538. The molecule has 1 rings (SSSR count). The fourth-order valence-corrected chi connectivity index (χ4v) is 1.80. The van der Waals surface area contributed by atoms with Crippen LogP contribution in [0.25, 0.3) is 0 Å². The third-order valence-corrected chi connectivity index (χ3v) is 2.97. The van der Waals surface area contributed by atoms with Crippen LogP contribution in [0.2, 0.25) is 0 Å². The number of aromatic nitrogens is 2. The van der Waals surface area contributed by atoms with Crippen molar-refractivity contribution in [2.24, 2.45) is 7.05 Å². The summed E-state index contributed by atoms with van der Waals surface area (Å²) in [4.78, 5) is 47.5. The Kier molecular flexibility index (Phi) is 4.72. The van der Waals surface area contributed by atoms with Gasteiger partial charge in [-0.2, -0.15) is 0 Å². The quantitative estimate of drug-likeness (QED) is 0.788. The predicted octanol–water partition coefficient (Wildman–Crippen LogP) is -0.741. The highest BCUT2D eigenvalue weighted by Crippen LogP contribution is 2.13. The van der Waals surface area contributed by atoms with Crippen molar-refractivity contribution in [1.29, 1.82) is 0 Å². The molecule has 1 aromatic rings. The van der Waals surface area contributed by atoms with Gasteiger partial charge in [-0.3, -0.25) is 23.5 Å². The molecule has 1 aromatic heterocycles. The zero-order valence-electron chi connectivity index (χ0n) is 12.5. The van der Waals surface area contributed by atoms with Crippen LogP contribution in [0.15, 0.2) is 21.9 Å². The topological polar surface area (TPSA) is 102 Å². The molecule has 0 aliphatic heterocycles. The Bertz CT molecular complexity index is 666. The SMILES string of the molecule is Cn1c(=O)ccn(CC(=O)N(CC(=O)O)C(C)(C)C)c1=O. The molecule has 0 saturated carbocycles. The van der Waals surface area contributed by atoms with E-state index in [-0.39, 0.29) is 6.54 Å². The van der Waals surface area contributed by atoms with Crippen molar-refractivity contribution in [3.8, 4) is 0 Å². The van der Waals surface area contributed by atoms with Crippen LogP contribution in [0, 0.1) is 0 Å². The van der Waals surface area contributed by atoms with Crippen molar-refractivity contribution in [1.82, 2.24) is 14.0 Å². The van der Waals surface area contributed by atoms with Gasteiger partial charge in [0.15, 0.2) is 0 Å². The molecule has 0 fully saturated rings. The van der Waals surface area contributed by atoms with Crippen LogP contribution in [0.5, 0.6) is 0 Å².